The Bertz CT molecular complexity index is 672. The predicted octanol–water partition coefficient (Wildman–Crippen LogP) is 3.11. The third-order valence-electron chi connectivity index (χ3n) is 6.33. The number of nitrogens with zero attached hydrogens (tertiary/aromatic N) is 1. The maximum atomic E-state index is 13.0. The molecule has 3 fully saturated rings. The summed E-state index contributed by atoms with van der Waals surface area (Å²) in [5, 5.41) is 3.39. The van der Waals surface area contributed by atoms with Crippen molar-refractivity contribution in [3.8, 4) is 0 Å². The van der Waals surface area contributed by atoms with Crippen LogP contribution in [0.5, 0.6) is 0 Å². The zero-order valence-corrected chi connectivity index (χ0v) is 15.2. The van der Waals surface area contributed by atoms with Gasteiger partial charge >= 0.3 is 0 Å². The second kappa shape index (κ2) is 6.43. The van der Waals surface area contributed by atoms with Crippen molar-refractivity contribution < 1.29 is 8.42 Å². The molecule has 0 amide bonds. The minimum absolute atomic E-state index is 0.176. The highest BCUT2D eigenvalue weighted by Gasteiger charge is 2.44. The highest BCUT2D eigenvalue weighted by atomic mass is 32.2. The summed E-state index contributed by atoms with van der Waals surface area (Å²) in [6.45, 7) is 3.31. The fourth-order valence-corrected chi connectivity index (χ4v) is 6.29. The molecule has 5 heteroatoms. The molecule has 1 spiro atoms. The van der Waals surface area contributed by atoms with Crippen LogP contribution in [0, 0.1) is 5.41 Å². The lowest BCUT2D eigenvalue weighted by Gasteiger charge is -2.24. The molecule has 0 aromatic heterocycles. The first-order valence-corrected chi connectivity index (χ1v) is 10.8. The number of benzene rings is 1. The highest BCUT2D eigenvalue weighted by Crippen LogP contribution is 2.39. The molecule has 1 saturated carbocycles. The Labute approximate surface area is 145 Å². The Morgan fingerprint density at radius 3 is 2.46 bits per heavy atom. The standard InChI is InChI=1S/C19H28N2O2S/c22-24(23,21-13-11-19(15-21)10-12-20-14-19)18-8-6-17(7-9-18)16-4-2-1-3-5-16/h6-9,16,20H,1-5,10-15H2. The van der Waals surface area contributed by atoms with Crippen LogP contribution in [0.25, 0.3) is 0 Å². The smallest absolute Gasteiger partial charge is 0.243 e. The zero-order chi connectivity index (χ0) is 16.6. The topological polar surface area (TPSA) is 49.4 Å². The second-order valence-corrected chi connectivity index (χ2v) is 9.86. The van der Waals surface area contributed by atoms with Crippen LogP contribution < -0.4 is 5.32 Å². The molecule has 24 heavy (non-hydrogen) atoms. The minimum atomic E-state index is -3.34. The van der Waals surface area contributed by atoms with Gasteiger partial charge in [-0.25, -0.2) is 8.42 Å². The number of rotatable bonds is 3. The summed E-state index contributed by atoms with van der Waals surface area (Å²) < 4.78 is 27.6. The molecule has 1 N–H and O–H groups in total. The molecule has 2 saturated heterocycles. The minimum Gasteiger partial charge on any atom is -0.316 e. The summed E-state index contributed by atoms with van der Waals surface area (Å²) in [5.41, 5.74) is 1.49. The first-order chi connectivity index (χ1) is 11.6. The molecule has 3 aliphatic rings. The van der Waals surface area contributed by atoms with E-state index in [9.17, 15) is 8.42 Å². The van der Waals surface area contributed by atoms with Crippen molar-refractivity contribution in [1.82, 2.24) is 9.62 Å². The molecule has 2 heterocycles. The van der Waals surface area contributed by atoms with E-state index in [0.717, 1.165) is 25.9 Å². The van der Waals surface area contributed by atoms with Crippen molar-refractivity contribution in [2.45, 2.75) is 55.8 Å². The van der Waals surface area contributed by atoms with Crippen LogP contribution in [0.2, 0.25) is 0 Å². The third kappa shape index (κ3) is 3.02. The molecule has 132 valence electrons. The van der Waals surface area contributed by atoms with Crippen molar-refractivity contribution >= 4 is 10.0 Å². The monoisotopic (exact) mass is 348 g/mol. The second-order valence-electron chi connectivity index (χ2n) is 7.92. The van der Waals surface area contributed by atoms with Crippen LogP contribution in [0.3, 0.4) is 0 Å². The lowest BCUT2D eigenvalue weighted by molar-refractivity contribution is 0.338. The van der Waals surface area contributed by atoms with Crippen molar-refractivity contribution in [1.29, 1.82) is 0 Å². The largest absolute Gasteiger partial charge is 0.316 e. The maximum absolute atomic E-state index is 13.0. The van der Waals surface area contributed by atoms with Crippen LogP contribution >= 0.6 is 0 Å². The van der Waals surface area contributed by atoms with Crippen LogP contribution in [0.1, 0.15) is 56.4 Å². The summed E-state index contributed by atoms with van der Waals surface area (Å²) in [4.78, 5) is 0.463. The summed E-state index contributed by atoms with van der Waals surface area (Å²) in [7, 11) is -3.34. The van der Waals surface area contributed by atoms with Gasteiger partial charge in [0, 0.05) is 19.6 Å². The van der Waals surface area contributed by atoms with E-state index >= 15 is 0 Å². The quantitative estimate of drug-likeness (QED) is 0.913. The fourth-order valence-electron chi connectivity index (χ4n) is 4.74. The van der Waals surface area contributed by atoms with Crippen molar-refractivity contribution in [3.05, 3.63) is 29.8 Å². The Balaban J connectivity index is 1.50. The molecule has 0 radical (unpaired) electrons. The number of nitrogens with one attached hydrogen (secondary N) is 1. The summed E-state index contributed by atoms with van der Waals surface area (Å²) >= 11 is 0. The van der Waals surface area contributed by atoms with E-state index in [1.54, 1.807) is 4.31 Å². The molecule has 2 aliphatic heterocycles. The molecule has 1 aromatic rings. The molecule has 4 rings (SSSR count). The normalized spacial score (nSPS) is 29.5. The van der Waals surface area contributed by atoms with Crippen LogP contribution in [0.15, 0.2) is 29.2 Å². The van der Waals surface area contributed by atoms with Gasteiger partial charge < -0.3 is 5.32 Å². The first kappa shape index (κ1) is 16.6. The van der Waals surface area contributed by atoms with E-state index in [1.165, 1.54) is 37.7 Å². The fraction of sp³-hybridized carbons (Fsp3) is 0.684. The van der Waals surface area contributed by atoms with Gasteiger partial charge in [0.15, 0.2) is 0 Å². The lowest BCUT2D eigenvalue weighted by atomic mass is 9.84. The Kier molecular flexibility index (Phi) is 4.43. The Hall–Kier alpha value is -0.910. The molecule has 1 unspecified atom stereocenters. The molecule has 4 nitrogen and oxygen atoms in total. The SMILES string of the molecule is O=S(=O)(c1ccc(C2CCCCC2)cc1)N1CCC2(CCNC2)C1. The van der Waals surface area contributed by atoms with Gasteiger partial charge in [0.05, 0.1) is 4.90 Å². The molecule has 1 aliphatic carbocycles. The van der Waals surface area contributed by atoms with Crippen LogP contribution in [0.4, 0.5) is 0 Å². The van der Waals surface area contributed by atoms with Gasteiger partial charge in [-0.15, -0.1) is 0 Å². The average Bonchev–Trinajstić information content (AvgIpc) is 3.26. The third-order valence-corrected chi connectivity index (χ3v) is 8.19. The summed E-state index contributed by atoms with van der Waals surface area (Å²) in [6, 6.07) is 7.76. The highest BCUT2D eigenvalue weighted by molar-refractivity contribution is 7.89. The van der Waals surface area contributed by atoms with Gasteiger partial charge in [-0.2, -0.15) is 4.31 Å². The summed E-state index contributed by atoms with van der Waals surface area (Å²) in [6.07, 6.45) is 8.51. The van der Waals surface area contributed by atoms with E-state index in [0.29, 0.717) is 23.9 Å². The Morgan fingerprint density at radius 1 is 1.04 bits per heavy atom. The number of hydrogen-bond donors (Lipinski definition) is 1. The maximum Gasteiger partial charge on any atom is 0.243 e. The van der Waals surface area contributed by atoms with E-state index < -0.39 is 10.0 Å². The van der Waals surface area contributed by atoms with Crippen molar-refractivity contribution in [2.75, 3.05) is 26.2 Å². The van der Waals surface area contributed by atoms with Gasteiger partial charge in [-0.05, 0) is 61.3 Å². The summed E-state index contributed by atoms with van der Waals surface area (Å²) in [5.74, 6) is 0.620. The van der Waals surface area contributed by atoms with E-state index in [1.807, 2.05) is 24.3 Å². The molecule has 0 bridgehead atoms. The van der Waals surface area contributed by atoms with Gasteiger partial charge in [0.2, 0.25) is 10.0 Å². The van der Waals surface area contributed by atoms with Crippen LogP contribution in [-0.2, 0) is 10.0 Å². The Morgan fingerprint density at radius 2 is 1.79 bits per heavy atom. The van der Waals surface area contributed by atoms with Gasteiger partial charge in [0.1, 0.15) is 0 Å². The molecule has 1 aromatic carbocycles. The number of hydrogen-bond acceptors (Lipinski definition) is 3. The van der Waals surface area contributed by atoms with Gasteiger partial charge in [-0.3, -0.25) is 0 Å². The lowest BCUT2D eigenvalue weighted by Crippen LogP contribution is -2.33. The van der Waals surface area contributed by atoms with Crippen molar-refractivity contribution in [3.63, 3.8) is 0 Å². The number of sulfonamides is 1. The van der Waals surface area contributed by atoms with E-state index in [4.69, 9.17) is 0 Å². The van der Waals surface area contributed by atoms with Gasteiger partial charge in [0.25, 0.3) is 0 Å². The van der Waals surface area contributed by atoms with Crippen molar-refractivity contribution in [2.24, 2.45) is 5.41 Å². The first-order valence-electron chi connectivity index (χ1n) is 9.40. The molecule has 1 atom stereocenters. The van der Waals surface area contributed by atoms with Crippen LogP contribution in [-0.4, -0.2) is 38.9 Å². The van der Waals surface area contributed by atoms with E-state index in [-0.39, 0.29) is 5.41 Å². The van der Waals surface area contributed by atoms with Gasteiger partial charge in [-0.1, -0.05) is 31.4 Å². The average molecular weight is 349 g/mol. The predicted molar refractivity (Wildman–Crippen MR) is 95.6 cm³/mol. The van der Waals surface area contributed by atoms with E-state index in [2.05, 4.69) is 5.32 Å². The molecular weight excluding hydrogens is 320 g/mol. The molecular formula is C19H28N2O2S. The zero-order valence-electron chi connectivity index (χ0n) is 14.3.